The topological polar surface area (TPSA) is 41.4 Å². The molecule has 0 N–H and O–H groups in total. The molecule has 1 amide bonds. The minimum Gasteiger partial charge on any atom is -0.338 e. The van der Waals surface area contributed by atoms with E-state index in [2.05, 4.69) is 74.1 Å². The highest BCUT2D eigenvalue weighted by Gasteiger charge is 2.32. The average Bonchev–Trinajstić information content (AvgIpc) is 2.99. The Balaban J connectivity index is 1.78. The van der Waals surface area contributed by atoms with Gasteiger partial charge in [0.1, 0.15) is 5.82 Å². The van der Waals surface area contributed by atoms with Gasteiger partial charge in [-0.3, -0.25) is 9.69 Å². The van der Waals surface area contributed by atoms with E-state index in [1.165, 1.54) is 5.52 Å². The Bertz CT molecular complexity index is 800. The number of carbonyl (C=O) groups is 1. The fraction of sp³-hybridized carbons (Fsp3) is 0.652. The lowest BCUT2D eigenvalue weighted by molar-refractivity contribution is -0.141. The number of imidazole rings is 1. The van der Waals surface area contributed by atoms with E-state index in [4.69, 9.17) is 4.98 Å². The summed E-state index contributed by atoms with van der Waals surface area (Å²) in [7, 11) is 0. The van der Waals surface area contributed by atoms with Gasteiger partial charge in [0, 0.05) is 24.7 Å². The first-order valence-electron chi connectivity index (χ1n) is 10.8. The highest BCUT2D eigenvalue weighted by Crippen LogP contribution is 2.25. The summed E-state index contributed by atoms with van der Waals surface area (Å²) in [6.45, 7) is 15.6. The molecule has 2 heterocycles. The summed E-state index contributed by atoms with van der Waals surface area (Å²) in [6.07, 6.45) is 2.06. The summed E-state index contributed by atoms with van der Waals surface area (Å²) in [6, 6.07) is 9.21. The van der Waals surface area contributed by atoms with Crippen molar-refractivity contribution in [1.29, 1.82) is 0 Å². The number of rotatable bonds is 6. The van der Waals surface area contributed by atoms with Gasteiger partial charge in [0.15, 0.2) is 0 Å². The monoisotopic (exact) mass is 384 g/mol. The Morgan fingerprint density at radius 2 is 1.82 bits per heavy atom. The zero-order valence-corrected chi connectivity index (χ0v) is 18.4. The first kappa shape index (κ1) is 20.8. The molecule has 28 heavy (non-hydrogen) atoms. The average molecular weight is 385 g/mol. The van der Waals surface area contributed by atoms with Crippen LogP contribution >= 0.6 is 0 Å². The van der Waals surface area contributed by atoms with Gasteiger partial charge >= 0.3 is 0 Å². The van der Waals surface area contributed by atoms with Crippen molar-refractivity contribution in [1.82, 2.24) is 19.4 Å². The van der Waals surface area contributed by atoms with E-state index in [0.29, 0.717) is 11.9 Å². The summed E-state index contributed by atoms with van der Waals surface area (Å²) < 4.78 is 2.34. The molecule has 1 aliphatic rings. The third kappa shape index (κ3) is 4.24. The summed E-state index contributed by atoms with van der Waals surface area (Å²) in [5.74, 6) is 1.51. The molecule has 5 heteroatoms. The Hall–Kier alpha value is -1.88. The van der Waals surface area contributed by atoms with Crippen LogP contribution in [-0.4, -0.2) is 50.4 Å². The molecule has 0 saturated carbocycles. The second kappa shape index (κ2) is 8.64. The molecule has 0 radical (unpaired) electrons. The van der Waals surface area contributed by atoms with E-state index >= 15 is 0 Å². The largest absolute Gasteiger partial charge is 0.338 e. The number of carbonyl (C=O) groups excluding carboxylic acids is 1. The Labute approximate surface area is 169 Å². The quantitative estimate of drug-likeness (QED) is 0.738. The van der Waals surface area contributed by atoms with E-state index < -0.39 is 0 Å². The van der Waals surface area contributed by atoms with Crippen LogP contribution in [0, 0.1) is 5.92 Å². The summed E-state index contributed by atoms with van der Waals surface area (Å²) in [5.41, 5.74) is 2.25. The lowest BCUT2D eigenvalue weighted by Gasteiger charge is -2.38. The fourth-order valence-corrected chi connectivity index (χ4v) is 4.70. The van der Waals surface area contributed by atoms with Crippen molar-refractivity contribution in [2.45, 2.75) is 79.1 Å². The number of aromatic nitrogens is 2. The molecular formula is C23H36N4O. The van der Waals surface area contributed by atoms with Crippen LogP contribution in [0.2, 0.25) is 0 Å². The van der Waals surface area contributed by atoms with Crippen molar-refractivity contribution in [2.24, 2.45) is 5.92 Å². The zero-order chi connectivity index (χ0) is 20.4. The number of amides is 1. The van der Waals surface area contributed by atoms with Crippen LogP contribution in [0.4, 0.5) is 0 Å². The maximum Gasteiger partial charge on any atom is 0.227 e. The van der Waals surface area contributed by atoms with E-state index in [1.807, 2.05) is 6.07 Å². The highest BCUT2D eigenvalue weighted by molar-refractivity contribution is 5.80. The predicted molar refractivity (Wildman–Crippen MR) is 115 cm³/mol. The van der Waals surface area contributed by atoms with Gasteiger partial charge in [-0.05, 0) is 73.1 Å². The molecule has 1 saturated heterocycles. The number of piperidine rings is 1. The van der Waals surface area contributed by atoms with Crippen LogP contribution in [-0.2, 0) is 11.3 Å². The third-order valence-corrected chi connectivity index (χ3v) is 5.77. The van der Waals surface area contributed by atoms with Crippen molar-refractivity contribution < 1.29 is 4.79 Å². The number of nitrogens with zero attached hydrogens (tertiary/aromatic N) is 4. The number of hydrogen-bond acceptors (Lipinski definition) is 3. The highest BCUT2D eigenvalue weighted by atomic mass is 16.2. The Kier molecular flexibility index (Phi) is 6.43. The molecule has 3 rings (SSSR count). The lowest BCUT2D eigenvalue weighted by atomic mass is 9.95. The maximum atomic E-state index is 13.2. The van der Waals surface area contributed by atoms with E-state index in [9.17, 15) is 4.79 Å². The molecule has 1 aromatic carbocycles. The van der Waals surface area contributed by atoms with Crippen LogP contribution in [0.15, 0.2) is 24.3 Å². The summed E-state index contributed by atoms with van der Waals surface area (Å²) in [4.78, 5) is 22.6. The Morgan fingerprint density at radius 3 is 2.46 bits per heavy atom. The molecule has 0 aliphatic carbocycles. The zero-order valence-electron chi connectivity index (χ0n) is 18.4. The standard InChI is InChI=1S/C23H36N4O/c1-16(2)26(17(3)4)23(28)19-10-9-13-25(14-19)15-22-24-20-11-7-8-12-21(20)27(22)18(5)6/h7-8,11-12,16-19H,9-10,13-15H2,1-6H3/t19-/m1/s1. The Morgan fingerprint density at radius 1 is 1.14 bits per heavy atom. The van der Waals surface area contributed by atoms with Gasteiger partial charge in [-0.15, -0.1) is 0 Å². The molecule has 2 aromatic rings. The normalized spacial score (nSPS) is 18.5. The van der Waals surface area contributed by atoms with Crippen LogP contribution < -0.4 is 0 Å². The third-order valence-electron chi connectivity index (χ3n) is 5.77. The SMILES string of the molecule is CC(C)N(C(=O)[C@@H]1CCCN(Cc2nc3ccccc3n2C(C)C)C1)C(C)C. The van der Waals surface area contributed by atoms with Gasteiger partial charge in [-0.1, -0.05) is 12.1 Å². The first-order valence-corrected chi connectivity index (χ1v) is 10.8. The fourth-order valence-electron chi connectivity index (χ4n) is 4.70. The minimum atomic E-state index is 0.0930. The van der Waals surface area contributed by atoms with Crippen LogP contribution in [0.3, 0.4) is 0 Å². The molecule has 0 spiro atoms. The molecule has 0 bridgehead atoms. The smallest absolute Gasteiger partial charge is 0.227 e. The maximum absolute atomic E-state index is 13.2. The van der Waals surface area contributed by atoms with Crippen molar-refractivity contribution in [3.05, 3.63) is 30.1 Å². The summed E-state index contributed by atoms with van der Waals surface area (Å²) in [5, 5.41) is 0. The number of hydrogen-bond donors (Lipinski definition) is 0. The van der Waals surface area contributed by atoms with Gasteiger partial charge in [0.2, 0.25) is 5.91 Å². The molecule has 5 nitrogen and oxygen atoms in total. The molecule has 154 valence electrons. The van der Waals surface area contributed by atoms with E-state index in [-0.39, 0.29) is 18.0 Å². The first-order chi connectivity index (χ1) is 13.3. The van der Waals surface area contributed by atoms with Gasteiger partial charge in [-0.25, -0.2) is 4.98 Å². The minimum absolute atomic E-state index is 0.0930. The number of fused-ring (bicyclic) bond motifs is 1. The lowest BCUT2D eigenvalue weighted by Crippen LogP contribution is -2.49. The van der Waals surface area contributed by atoms with Crippen LogP contribution in [0.25, 0.3) is 11.0 Å². The second-order valence-corrected chi connectivity index (χ2v) is 8.99. The molecule has 1 aromatic heterocycles. The molecule has 0 unspecified atom stereocenters. The molecule has 1 atom stereocenters. The molecule has 1 fully saturated rings. The second-order valence-electron chi connectivity index (χ2n) is 8.99. The van der Waals surface area contributed by atoms with Gasteiger partial charge in [-0.2, -0.15) is 0 Å². The van der Waals surface area contributed by atoms with Gasteiger partial charge < -0.3 is 9.47 Å². The number of likely N-dealkylation sites (tertiary alicyclic amines) is 1. The van der Waals surface area contributed by atoms with E-state index in [0.717, 1.165) is 43.8 Å². The van der Waals surface area contributed by atoms with Gasteiger partial charge in [0.05, 0.1) is 23.5 Å². The molecule has 1 aliphatic heterocycles. The van der Waals surface area contributed by atoms with Crippen molar-refractivity contribution in [2.75, 3.05) is 13.1 Å². The number of para-hydroxylation sites is 2. The van der Waals surface area contributed by atoms with Crippen molar-refractivity contribution in [3.63, 3.8) is 0 Å². The van der Waals surface area contributed by atoms with E-state index in [1.54, 1.807) is 0 Å². The number of benzene rings is 1. The van der Waals surface area contributed by atoms with Crippen LogP contribution in [0.1, 0.15) is 66.3 Å². The summed E-state index contributed by atoms with van der Waals surface area (Å²) >= 11 is 0. The molecular weight excluding hydrogens is 348 g/mol. The van der Waals surface area contributed by atoms with Crippen molar-refractivity contribution >= 4 is 16.9 Å². The van der Waals surface area contributed by atoms with Gasteiger partial charge in [0.25, 0.3) is 0 Å². The van der Waals surface area contributed by atoms with Crippen molar-refractivity contribution in [3.8, 4) is 0 Å². The predicted octanol–water partition coefficient (Wildman–Crippen LogP) is 4.47. The van der Waals surface area contributed by atoms with Crippen LogP contribution in [0.5, 0.6) is 0 Å².